The van der Waals surface area contributed by atoms with Crippen molar-refractivity contribution >= 4 is 17.9 Å². The van der Waals surface area contributed by atoms with Gasteiger partial charge in [0.05, 0.1) is 0 Å². The van der Waals surface area contributed by atoms with E-state index >= 15 is 0 Å². The highest BCUT2D eigenvalue weighted by Gasteiger charge is 2.11. The minimum absolute atomic E-state index is 0.225. The predicted molar refractivity (Wildman–Crippen MR) is 67.7 cm³/mol. The Morgan fingerprint density at radius 1 is 1.39 bits per heavy atom. The largest absolute Gasteiger partial charge is 0.320 e. The molecular formula is C13H13N3O2. The molecule has 5 heteroatoms. The van der Waals surface area contributed by atoms with Crippen molar-refractivity contribution in [2.45, 2.75) is 6.92 Å². The first-order chi connectivity index (χ1) is 8.61. The van der Waals surface area contributed by atoms with Gasteiger partial charge in [-0.3, -0.25) is 14.3 Å². The van der Waals surface area contributed by atoms with Gasteiger partial charge in [0.2, 0.25) is 0 Å². The van der Waals surface area contributed by atoms with E-state index < -0.39 is 0 Å². The van der Waals surface area contributed by atoms with Crippen molar-refractivity contribution in [1.29, 1.82) is 0 Å². The van der Waals surface area contributed by atoms with Gasteiger partial charge in [-0.1, -0.05) is 0 Å². The molecule has 18 heavy (non-hydrogen) atoms. The summed E-state index contributed by atoms with van der Waals surface area (Å²) in [6, 6.07) is 6.75. The number of rotatable bonds is 3. The highest BCUT2D eigenvalue weighted by Crippen LogP contribution is 2.16. The Morgan fingerprint density at radius 3 is 2.72 bits per heavy atom. The standard InChI is InChI=1S/C13H13N3O2/c1-9-7-10(8-17)3-4-11(9)15-13(18)12-5-6-14-16(12)2/h3-8H,1-2H3,(H,15,18). The number of aldehydes is 1. The van der Waals surface area contributed by atoms with E-state index in [9.17, 15) is 9.59 Å². The lowest BCUT2D eigenvalue weighted by molar-refractivity contribution is 0.101. The number of amides is 1. The van der Waals surface area contributed by atoms with Crippen molar-refractivity contribution in [1.82, 2.24) is 9.78 Å². The second-order valence-corrected chi connectivity index (χ2v) is 3.99. The summed E-state index contributed by atoms with van der Waals surface area (Å²) in [4.78, 5) is 22.6. The number of hydrogen-bond acceptors (Lipinski definition) is 3. The van der Waals surface area contributed by atoms with Crippen LogP contribution in [0.4, 0.5) is 5.69 Å². The van der Waals surface area contributed by atoms with Crippen LogP contribution in [0, 0.1) is 6.92 Å². The molecule has 5 nitrogen and oxygen atoms in total. The van der Waals surface area contributed by atoms with Crippen molar-refractivity contribution in [2.24, 2.45) is 7.05 Å². The number of benzene rings is 1. The van der Waals surface area contributed by atoms with Crippen LogP contribution in [0.15, 0.2) is 30.5 Å². The maximum absolute atomic E-state index is 12.0. The number of carbonyl (C=O) groups excluding carboxylic acids is 2. The van der Waals surface area contributed by atoms with Crippen LogP contribution in [0.3, 0.4) is 0 Å². The molecule has 0 saturated heterocycles. The average Bonchev–Trinajstić information content (AvgIpc) is 2.78. The number of hydrogen-bond donors (Lipinski definition) is 1. The number of aryl methyl sites for hydroxylation is 2. The molecule has 0 aliphatic heterocycles. The van der Waals surface area contributed by atoms with Gasteiger partial charge < -0.3 is 5.32 Å². The summed E-state index contributed by atoms with van der Waals surface area (Å²) < 4.78 is 1.50. The zero-order valence-corrected chi connectivity index (χ0v) is 10.2. The van der Waals surface area contributed by atoms with Gasteiger partial charge in [0.15, 0.2) is 0 Å². The molecule has 0 fully saturated rings. The molecule has 0 aliphatic carbocycles. The molecule has 0 atom stereocenters. The van der Waals surface area contributed by atoms with E-state index in [0.717, 1.165) is 11.8 Å². The van der Waals surface area contributed by atoms with Crippen molar-refractivity contribution < 1.29 is 9.59 Å². The van der Waals surface area contributed by atoms with Gasteiger partial charge in [-0.25, -0.2) is 0 Å². The first-order valence-corrected chi connectivity index (χ1v) is 5.47. The molecule has 1 aromatic heterocycles. The van der Waals surface area contributed by atoms with Crippen LogP contribution in [0.25, 0.3) is 0 Å². The van der Waals surface area contributed by atoms with Crippen LogP contribution in [0.5, 0.6) is 0 Å². The SMILES string of the molecule is Cc1cc(C=O)ccc1NC(=O)c1ccnn1C. The van der Waals surface area contributed by atoms with Crippen molar-refractivity contribution in [3.63, 3.8) is 0 Å². The van der Waals surface area contributed by atoms with Gasteiger partial charge in [0, 0.05) is 24.5 Å². The summed E-state index contributed by atoms with van der Waals surface area (Å²) in [5.41, 5.74) is 2.60. The molecule has 0 unspecified atom stereocenters. The first kappa shape index (κ1) is 12.0. The molecular weight excluding hydrogens is 230 g/mol. The smallest absolute Gasteiger partial charge is 0.273 e. The quantitative estimate of drug-likeness (QED) is 0.836. The van der Waals surface area contributed by atoms with E-state index in [0.29, 0.717) is 16.9 Å². The van der Waals surface area contributed by atoms with Crippen LogP contribution >= 0.6 is 0 Å². The maximum atomic E-state index is 12.0. The fourth-order valence-electron chi connectivity index (χ4n) is 1.68. The molecule has 92 valence electrons. The summed E-state index contributed by atoms with van der Waals surface area (Å²) in [6.45, 7) is 1.84. The van der Waals surface area contributed by atoms with Crippen molar-refractivity contribution in [3.05, 3.63) is 47.3 Å². The Balaban J connectivity index is 2.22. The monoisotopic (exact) mass is 243 g/mol. The fourth-order valence-corrected chi connectivity index (χ4v) is 1.68. The van der Waals surface area contributed by atoms with Crippen molar-refractivity contribution in [2.75, 3.05) is 5.32 Å². The van der Waals surface area contributed by atoms with Gasteiger partial charge in [-0.2, -0.15) is 5.10 Å². The third kappa shape index (κ3) is 2.29. The number of aromatic nitrogens is 2. The zero-order chi connectivity index (χ0) is 13.1. The van der Waals surface area contributed by atoms with Crippen LogP contribution in [0.1, 0.15) is 26.4 Å². The summed E-state index contributed by atoms with van der Waals surface area (Å²) in [5.74, 6) is -0.225. The Labute approximate surface area is 104 Å². The molecule has 0 aliphatic rings. The molecule has 2 aromatic rings. The van der Waals surface area contributed by atoms with Crippen LogP contribution in [0.2, 0.25) is 0 Å². The lowest BCUT2D eigenvalue weighted by atomic mass is 10.1. The molecule has 0 radical (unpaired) electrons. The molecule has 2 rings (SSSR count). The molecule has 0 bridgehead atoms. The van der Waals surface area contributed by atoms with Crippen LogP contribution in [-0.4, -0.2) is 22.0 Å². The average molecular weight is 243 g/mol. The third-order valence-electron chi connectivity index (χ3n) is 2.69. The summed E-state index contributed by atoms with van der Waals surface area (Å²) in [5, 5.41) is 6.73. The van der Waals surface area contributed by atoms with Gasteiger partial charge in [0.1, 0.15) is 12.0 Å². The van der Waals surface area contributed by atoms with E-state index in [1.165, 1.54) is 4.68 Å². The topological polar surface area (TPSA) is 64.0 Å². The van der Waals surface area contributed by atoms with E-state index in [-0.39, 0.29) is 5.91 Å². The summed E-state index contributed by atoms with van der Waals surface area (Å²) in [7, 11) is 1.71. The Morgan fingerprint density at radius 2 is 2.17 bits per heavy atom. The van der Waals surface area contributed by atoms with Gasteiger partial charge in [0.25, 0.3) is 5.91 Å². The Kier molecular flexibility index (Phi) is 3.23. The lowest BCUT2D eigenvalue weighted by Crippen LogP contribution is -2.16. The molecule has 1 heterocycles. The predicted octanol–water partition coefficient (Wildman–Crippen LogP) is 1.79. The number of anilines is 1. The van der Waals surface area contributed by atoms with Crippen molar-refractivity contribution in [3.8, 4) is 0 Å². The number of carbonyl (C=O) groups is 2. The third-order valence-corrected chi connectivity index (χ3v) is 2.69. The minimum Gasteiger partial charge on any atom is -0.320 e. The lowest BCUT2D eigenvalue weighted by Gasteiger charge is -2.08. The minimum atomic E-state index is -0.225. The molecule has 0 spiro atoms. The van der Waals surface area contributed by atoms with Gasteiger partial charge in [-0.05, 0) is 36.8 Å². The fraction of sp³-hybridized carbons (Fsp3) is 0.154. The van der Waals surface area contributed by atoms with E-state index in [2.05, 4.69) is 10.4 Å². The van der Waals surface area contributed by atoms with Crippen LogP contribution < -0.4 is 5.32 Å². The van der Waals surface area contributed by atoms with E-state index in [4.69, 9.17) is 0 Å². The first-order valence-electron chi connectivity index (χ1n) is 5.47. The van der Waals surface area contributed by atoms with E-state index in [1.807, 2.05) is 6.92 Å². The highest BCUT2D eigenvalue weighted by molar-refractivity contribution is 6.03. The normalized spacial score (nSPS) is 10.1. The van der Waals surface area contributed by atoms with Crippen LogP contribution in [-0.2, 0) is 7.05 Å². The molecule has 1 aromatic carbocycles. The number of nitrogens with one attached hydrogen (secondary N) is 1. The molecule has 0 saturated carbocycles. The second kappa shape index (κ2) is 4.83. The highest BCUT2D eigenvalue weighted by atomic mass is 16.2. The van der Waals surface area contributed by atoms with E-state index in [1.54, 1.807) is 37.5 Å². The second-order valence-electron chi connectivity index (χ2n) is 3.99. The molecule has 1 N–H and O–H groups in total. The summed E-state index contributed by atoms with van der Waals surface area (Å²) in [6.07, 6.45) is 2.34. The number of nitrogens with zero attached hydrogens (tertiary/aromatic N) is 2. The summed E-state index contributed by atoms with van der Waals surface area (Å²) >= 11 is 0. The maximum Gasteiger partial charge on any atom is 0.273 e. The Bertz CT molecular complexity index is 602. The Hall–Kier alpha value is -2.43. The van der Waals surface area contributed by atoms with Gasteiger partial charge in [-0.15, -0.1) is 0 Å². The zero-order valence-electron chi connectivity index (χ0n) is 10.2. The van der Waals surface area contributed by atoms with Gasteiger partial charge >= 0.3 is 0 Å². The molecule has 1 amide bonds.